The SMILES string of the molecule is CCCCCNC(=O)C(C)Oc1ccc(C=O)cc1Cl. The van der Waals surface area contributed by atoms with Gasteiger partial charge in [-0.05, 0) is 31.5 Å². The molecule has 0 aliphatic heterocycles. The Morgan fingerprint density at radius 1 is 1.45 bits per heavy atom. The number of unbranched alkanes of at least 4 members (excludes halogenated alkanes) is 2. The van der Waals surface area contributed by atoms with E-state index < -0.39 is 6.10 Å². The van der Waals surface area contributed by atoms with Gasteiger partial charge in [0.15, 0.2) is 6.10 Å². The monoisotopic (exact) mass is 297 g/mol. The molecule has 110 valence electrons. The zero-order valence-electron chi connectivity index (χ0n) is 11.8. The van der Waals surface area contributed by atoms with Crippen molar-refractivity contribution in [2.45, 2.75) is 39.2 Å². The lowest BCUT2D eigenvalue weighted by atomic mass is 10.2. The van der Waals surface area contributed by atoms with Crippen LogP contribution in [0.2, 0.25) is 5.02 Å². The Kier molecular flexibility index (Phi) is 7.09. The van der Waals surface area contributed by atoms with Gasteiger partial charge in [-0.15, -0.1) is 0 Å². The highest BCUT2D eigenvalue weighted by atomic mass is 35.5. The molecule has 5 heteroatoms. The molecule has 1 atom stereocenters. The van der Waals surface area contributed by atoms with Gasteiger partial charge in [0.25, 0.3) is 5.91 Å². The van der Waals surface area contributed by atoms with Gasteiger partial charge in [0, 0.05) is 12.1 Å². The summed E-state index contributed by atoms with van der Waals surface area (Å²) in [4.78, 5) is 22.4. The smallest absolute Gasteiger partial charge is 0.260 e. The van der Waals surface area contributed by atoms with Gasteiger partial charge in [-0.25, -0.2) is 0 Å². The van der Waals surface area contributed by atoms with E-state index in [9.17, 15) is 9.59 Å². The number of carbonyl (C=O) groups excluding carboxylic acids is 2. The molecule has 0 saturated carbocycles. The number of hydrogen-bond acceptors (Lipinski definition) is 3. The molecule has 0 bridgehead atoms. The minimum absolute atomic E-state index is 0.170. The van der Waals surface area contributed by atoms with Crippen molar-refractivity contribution in [3.8, 4) is 5.75 Å². The molecular weight excluding hydrogens is 278 g/mol. The highest BCUT2D eigenvalue weighted by Crippen LogP contribution is 2.25. The van der Waals surface area contributed by atoms with Crippen LogP contribution in [0.15, 0.2) is 18.2 Å². The van der Waals surface area contributed by atoms with E-state index in [1.54, 1.807) is 19.1 Å². The number of nitrogens with one attached hydrogen (secondary N) is 1. The molecule has 1 amide bonds. The number of aldehydes is 1. The first-order valence-electron chi connectivity index (χ1n) is 6.77. The summed E-state index contributed by atoms with van der Waals surface area (Å²) in [5, 5.41) is 3.14. The second kappa shape index (κ2) is 8.59. The maximum atomic E-state index is 11.8. The Hall–Kier alpha value is -1.55. The van der Waals surface area contributed by atoms with Gasteiger partial charge >= 0.3 is 0 Å². The molecule has 1 N–H and O–H groups in total. The Bertz CT molecular complexity index is 462. The van der Waals surface area contributed by atoms with Crippen LogP contribution in [-0.4, -0.2) is 24.8 Å². The predicted molar refractivity (Wildman–Crippen MR) is 79.5 cm³/mol. The van der Waals surface area contributed by atoms with Crippen molar-refractivity contribution in [1.82, 2.24) is 5.32 Å². The second-order valence-electron chi connectivity index (χ2n) is 4.57. The fraction of sp³-hybridized carbons (Fsp3) is 0.467. The molecule has 0 heterocycles. The lowest BCUT2D eigenvalue weighted by molar-refractivity contribution is -0.127. The summed E-state index contributed by atoms with van der Waals surface area (Å²) in [5.74, 6) is 0.227. The van der Waals surface area contributed by atoms with E-state index in [1.165, 1.54) is 6.07 Å². The van der Waals surface area contributed by atoms with Gasteiger partial charge in [-0.1, -0.05) is 31.4 Å². The Labute approximate surface area is 124 Å². The fourth-order valence-corrected chi connectivity index (χ4v) is 1.89. The van der Waals surface area contributed by atoms with Crippen molar-refractivity contribution in [1.29, 1.82) is 0 Å². The van der Waals surface area contributed by atoms with Crippen molar-refractivity contribution in [3.05, 3.63) is 28.8 Å². The van der Waals surface area contributed by atoms with Crippen LogP contribution in [0, 0.1) is 0 Å². The van der Waals surface area contributed by atoms with Crippen molar-refractivity contribution >= 4 is 23.8 Å². The summed E-state index contributed by atoms with van der Waals surface area (Å²) in [7, 11) is 0. The maximum Gasteiger partial charge on any atom is 0.260 e. The van der Waals surface area contributed by atoms with Gasteiger partial charge < -0.3 is 10.1 Å². The summed E-state index contributed by atoms with van der Waals surface area (Å²) in [6.45, 7) is 4.43. The largest absolute Gasteiger partial charge is 0.479 e. The minimum Gasteiger partial charge on any atom is -0.479 e. The van der Waals surface area contributed by atoms with Gasteiger partial charge in [0.1, 0.15) is 12.0 Å². The first-order chi connectivity index (χ1) is 9.58. The first kappa shape index (κ1) is 16.5. The van der Waals surface area contributed by atoms with Gasteiger partial charge in [-0.2, -0.15) is 0 Å². The summed E-state index contributed by atoms with van der Waals surface area (Å²) < 4.78 is 5.50. The van der Waals surface area contributed by atoms with E-state index in [0.717, 1.165) is 19.3 Å². The summed E-state index contributed by atoms with van der Waals surface area (Å²) >= 11 is 5.99. The molecule has 0 fully saturated rings. The molecule has 0 spiro atoms. The molecule has 1 aromatic rings. The second-order valence-corrected chi connectivity index (χ2v) is 4.97. The molecule has 1 rings (SSSR count). The summed E-state index contributed by atoms with van der Waals surface area (Å²) in [6, 6.07) is 4.70. The zero-order chi connectivity index (χ0) is 15.0. The zero-order valence-corrected chi connectivity index (χ0v) is 12.6. The Morgan fingerprint density at radius 3 is 2.80 bits per heavy atom. The van der Waals surface area contributed by atoms with Gasteiger partial charge in [-0.3, -0.25) is 9.59 Å². The van der Waals surface area contributed by atoms with Gasteiger partial charge in [0.05, 0.1) is 5.02 Å². The highest BCUT2D eigenvalue weighted by Gasteiger charge is 2.15. The normalized spacial score (nSPS) is 11.8. The quantitative estimate of drug-likeness (QED) is 0.592. The van der Waals surface area contributed by atoms with Crippen LogP contribution in [0.3, 0.4) is 0 Å². The minimum atomic E-state index is -0.629. The van der Waals surface area contributed by atoms with Crippen molar-refractivity contribution in [2.75, 3.05) is 6.54 Å². The predicted octanol–water partition coefficient (Wildman–Crippen LogP) is 3.23. The van der Waals surface area contributed by atoms with Crippen LogP contribution in [0.1, 0.15) is 43.5 Å². The molecular formula is C15H20ClNO3. The summed E-state index contributed by atoms with van der Waals surface area (Å²) in [5.41, 5.74) is 0.471. The number of hydrogen-bond donors (Lipinski definition) is 1. The average molecular weight is 298 g/mol. The molecule has 1 unspecified atom stereocenters. The van der Waals surface area contributed by atoms with Crippen molar-refractivity contribution < 1.29 is 14.3 Å². The Balaban J connectivity index is 2.50. The van der Waals surface area contributed by atoms with Crippen molar-refractivity contribution in [3.63, 3.8) is 0 Å². The molecule has 0 radical (unpaired) electrons. The maximum absolute atomic E-state index is 11.8. The summed E-state index contributed by atoms with van der Waals surface area (Å²) in [6.07, 6.45) is 3.24. The third kappa shape index (κ3) is 5.21. The molecule has 4 nitrogen and oxygen atoms in total. The number of halogens is 1. The van der Waals surface area contributed by atoms with Crippen LogP contribution in [0.5, 0.6) is 5.75 Å². The Morgan fingerprint density at radius 2 is 2.20 bits per heavy atom. The van der Waals surface area contributed by atoms with Gasteiger partial charge in [0.2, 0.25) is 0 Å². The first-order valence-corrected chi connectivity index (χ1v) is 7.15. The number of ether oxygens (including phenoxy) is 1. The average Bonchev–Trinajstić information content (AvgIpc) is 2.45. The molecule has 0 aliphatic carbocycles. The number of benzene rings is 1. The lowest BCUT2D eigenvalue weighted by Gasteiger charge is -2.15. The van der Waals surface area contributed by atoms with Crippen LogP contribution in [0.4, 0.5) is 0 Å². The highest BCUT2D eigenvalue weighted by molar-refractivity contribution is 6.32. The van der Waals surface area contributed by atoms with E-state index in [0.29, 0.717) is 29.2 Å². The van der Waals surface area contributed by atoms with Crippen molar-refractivity contribution in [2.24, 2.45) is 0 Å². The molecule has 1 aromatic carbocycles. The van der Waals surface area contributed by atoms with E-state index in [-0.39, 0.29) is 5.91 Å². The third-order valence-electron chi connectivity index (χ3n) is 2.84. The lowest BCUT2D eigenvalue weighted by Crippen LogP contribution is -2.36. The number of rotatable bonds is 8. The topological polar surface area (TPSA) is 55.4 Å². The molecule has 0 aliphatic rings. The third-order valence-corrected chi connectivity index (χ3v) is 3.14. The van der Waals surface area contributed by atoms with Crippen LogP contribution in [-0.2, 0) is 4.79 Å². The van der Waals surface area contributed by atoms with Crippen LogP contribution in [0.25, 0.3) is 0 Å². The number of amides is 1. The van der Waals surface area contributed by atoms with Crippen LogP contribution < -0.4 is 10.1 Å². The fourth-order valence-electron chi connectivity index (χ4n) is 1.66. The standard InChI is InChI=1S/C15H20ClNO3/c1-3-4-5-8-17-15(19)11(2)20-14-7-6-12(10-18)9-13(14)16/h6-7,9-11H,3-5,8H2,1-2H3,(H,17,19). The molecule has 0 saturated heterocycles. The van der Waals surface area contributed by atoms with E-state index in [4.69, 9.17) is 16.3 Å². The molecule has 20 heavy (non-hydrogen) atoms. The van der Waals surface area contributed by atoms with Crippen LogP contribution >= 0.6 is 11.6 Å². The van der Waals surface area contributed by atoms with E-state index in [1.807, 2.05) is 0 Å². The van der Waals surface area contributed by atoms with E-state index in [2.05, 4.69) is 12.2 Å². The van der Waals surface area contributed by atoms with E-state index >= 15 is 0 Å². The molecule has 0 aromatic heterocycles. The number of carbonyl (C=O) groups is 2.